The van der Waals surface area contributed by atoms with E-state index in [-0.39, 0.29) is 0 Å². The van der Waals surface area contributed by atoms with Gasteiger partial charge in [-0.25, -0.2) is 4.89 Å². The summed E-state index contributed by atoms with van der Waals surface area (Å²) in [4.78, 5) is 5.13. The smallest absolute Gasteiger partial charge is 0.423 e. The third kappa shape index (κ3) is 3.37. The molecule has 0 aliphatic heterocycles. The van der Waals surface area contributed by atoms with Crippen LogP contribution in [-0.4, -0.2) is 24.3 Å². The number of hydrogen-bond donors (Lipinski definition) is 2. The van der Waals surface area contributed by atoms with Crippen molar-refractivity contribution in [2.75, 3.05) is 7.11 Å². The summed E-state index contributed by atoms with van der Waals surface area (Å²) in [5.41, 5.74) is 0.421. The van der Waals surface area contributed by atoms with Gasteiger partial charge in [-0.15, -0.1) is 0 Å². The van der Waals surface area contributed by atoms with Crippen LogP contribution in [0.1, 0.15) is 0 Å². The molecular weight excluding hydrogens is 191 g/mol. The summed E-state index contributed by atoms with van der Waals surface area (Å²) in [6, 6.07) is 6.70. The Balaban J connectivity index is 2.68. The minimum absolute atomic E-state index is 0.421. The van der Waals surface area contributed by atoms with Crippen LogP contribution in [0.3, 0.4) is 0 Å². The molecule has 0 unspecified atom stereocenters. The van der Waals surface area contributed by atoms with Crippen molar-refractivity contribution in [1.29, 1.82) is 0 Å². The average molecular weight is 200 g/mol. The molecular formula is C7H9BO4S. The van der Waals surface area contributed by atoms with E-state index < -0.39 is 7.12 Å². The standard InChI is InChI=1S/C7H9BO4S/c1-11-12-13-7-4-2-3-6(5-7)8(9)10/h2-5,9-10H,1H3. The fourth-order valence-electron chi connectivity index (χ4n) is 0.800. The topological polar surface area (TPSA) is 58.9 Å². The van der Waals surface area contributed by atoms with E-state index in [1.54, 1.807) is 24.3 Å². The van der Waals surface area contributed by atoms with Gasteiger partial charge in [-0.3, -0.25) is 0 Å². The Hall–Kier alpha value is -0.525. The minimum atomic E-state index is -1.46. The quantitative estimate of drug-likeness (QED) is 0.309. The van der Waals surface area contributed by atoms with Crippen molar-refractivity contribution in [3.8, 4) is 0 Å². The highest BCUT2D eigenvalue weighted by Gasteiger charge is 2.10. The Kier molecular flexibility index (Phi) is 4.27. The molecule has 0 aliphatic carbocycles. The maximum Gasteiger partial charge on any atom is 0.488 e. The van der Waals surface area contributed by atoms with Gasteiger partial charge in [0.05, 0.1) is 19.2 Å². The second kappa shape index (κ2) is 5.26. The molecule has 1 aromatic rings. The summed E-state index contributed by atoms with van der Waals surface area (Å²) < 4.78 is 4.61. The lowest BCUT2D eigenvalue weighted by Gasteiger charge is -2.01. The van der Waals surface area contributed by atoms with Crippen LogP contribution in [0.4, 0.5) is 0 Å². The Labute approximate surface area is 80.8 Å². The van der Waals surface area contributed by atoms with Crippen molar-refractivity contribution < 1.29 is 19.3 Å². The highest BCUT2D eigenvalue weighted by atomic mass is 32.2. The van der Waals surface area contributed by atoms with Gasteiger partial charge >= 0.3 is 7.12 Å². The van der Waals surface area contributed by atoms with Gasteiger partial charge in [-0.2, -0.15) is 4.33 Å². The van der Waals surface area contributed by atoms with Crippen LogP contribution >= 0.6 is 12.0 Å². The zero-order valence-corrected chi connectivity index (χ0v) is 7.82. The van der Waals surface area contributed by atoms with Crippen molar-refractivity contribution in [2.24, 2.45) is 0 Å². The molecule has 0 heterocycles. The highest BCUT2D eigenvalue weighted by Crippen LogP contribution is 2.16. The van der Waals surface area contributed by atoms with Gasteiger partial charge < -0.3 is 10.0 Å². The zero-order chi connectivity index (χ0) is 9.68. The van der Waals surface area contributed by atoms with Gasteiger partial charge in [0, 0.05) is 4.90 Å². The molecule has 0 bridgehead atoms. The second-order valence-corrected chi connectivity index (χ2v) is 3.04. The average Bonchev–Trinajstić information content (AvgIpc) is 2.15. The molecule has 0 fully saturated rings. The molecule has 2 N–H and O–H groups in total. The maximum atomic E-state index is 8.85. The van der Waals surface area contributed by atoms with E-state index in [9.17, 15) is 0 Å². The fourth-order valence-corrected chi connectivity index (χ4v) is 1.27. The van der Waals surface area contributed by atoms with Gasteiger partial charge in [-0.1, -0.05) is 12.1 Å². The van der Waals surface area contributed by atoms with Gasteiger partial charge in [0.2, 0.25) is 0 Å². The van der Waals surface area contributed by atoms with E-state index >= 15 is 0 Å². The normalized spacial score (nSPS) is 10.1. The Morgan fingerprint density at radius 3 is 2.77 bits per heavy atom. The van der Waals surface area contributed by atoms with Crippen LogP contribution < -0.4 is 5.46 Å². The van der Waals surface area contributed by atoms with Crippen LogP contribution in [0.5, 0.6) is 0 Å². The number of benzene rings is 1. The molecule has 0 radical (unpaired) electrons. The molecule has 70 valence electrons. The number of hydrogen-bond acceptors (Lipinski definition) is 5. The van der Waals surface area contributed by atoms with E-state index in [0.29, 0.717) is 5.46 Å². The van der Waals surface area contributed by atoms with Gasteiger partial charge in [0.1, 0.15) is 0 Å². The first-order chi connectivity index (χ1) is 6.24. The van der Waals surface area contributed by atoms with Crippen molar-refractivity contribution in [3.63, 3.8) is 0 Å². The van der Waals surface area contributed by atoms with Crippen molar-refractivity contribution in [2.45, 2.75) is 4.90 Å². The molecule has 0 saturated heterocycles. The maximum absolute atomic E-state index is 8.85. The van der Waals surface area contributed by atoms with Gasteiger partial charge in [0.15, 0.2) is 0 Å². The van der Waals surface area contributed by atoms with E-state index in [0.717, 1.165) is 16.9 Å². The largest absolute Gasteiger partial charge is 0.488 e. The molecule has 4 nitrogen and oxygen atoms in total. The predicted octanol–water partition coefficient (Wildman–Crippen LogP) is -0.0485. The lowest BCUT2D eigenvalue weighted by molar-refractivity contribution is -0.160. The summed E-state index contributed by atoms with van der Waals surface area (Å²) in [6.45, 7) is 0. The molecule has 6 heteroatoms. The molecule has 0 amide bonds. The van der Waals surface area contributed by atoms with Crippen molar-refractivity contribution in [1.82, 2.24) is 0 Å². The van der Waals surface area contributed by atoms with Gasteiger partial charge in [-0.05, 0) is 17.6 Å². The van der Waals surface area contributed by atoms with Crippen molar-refractivity contribution >= 4 is 24.6 Å². The molecule has 13 heavy (non-hydrogen) atoms. The van der Waals surface area contributed by atoms with Crippen LogP contribution in [0.25, 0.3) is 0 Å². The first-order valence-corrected chi connectivity index (χ1v) is 4.31. The Morgan fingerprint density at radius 1 is 1.38 bits per heavy atom. The third-order valence-corrected chi connectivity index (χ3v) is 2.01. The fraction of sp³-hybridized carbons (Fsp3) is 0.143. The number of rotatable bonds is 4. The molecule has 0 aromatic heterocycles. The van der Waals surface area contributed by atoms with E-state index in [1.807, 2.05) is 0 Å². The molecule has 1 rings (SSSR count). The first kappa shape index (κ1) is 10.6. The summed E-state index contributed by atoms with van der Waals surface area (Å²) in [6.07, 6.45) is 0. The SMILES string of the molecule is COOSc1cccc(B(O)O)c1. The van der Waals surface area contributed by atoms with Crippen LogP contribution in [0.2, 0.25) is 0 Å². The first-order valence-electron chi connectivity index (χ1n) is 3.57. The molecule has 0 aliphatic rings. The summed E-state index contributed by atoms with van der Waals surface area (Å²) in [5, 5.41) is 17.7. The second-order valence-electron chi connectivity index (χ2n) is 2.26. The lowest BCUT2D eigenvalue weighted by atomic mass is 9.81. The third-order valence-electron chi connectivity index (χ3n) is 1.35. The Bertz CT molecular complexity index is 268. The van der Waals surface area contributed by atoms with Crippen LogP contribution in [-0.2, 0) is 9.22 Å². The minimum Gasteiger partial charge on any atom is -0.423 e. The van der Waals surface area contributed by atoms with E-state index in [4.69, 9.17) is 10.0 Å². The van der Waals surface area contributed by atoms with E-state index in [2.05, 4.69) is 9.22 Å². The Morgan fingerprint density at radius 2 is 2.15 bits per heavy atom. The molecule has 0 spiro atoms. The molecule has 1 aromatic carbocycles. The lowest BCUT2D eigenvalue weighted by Crippen LogP contribution is -2.29. The van der Waals surface area contributed by atoms with Crippen LogP contribution in [0.15, 0.2) is 29.2 Å². The predicted molar refractivity (Wildman–Crippen MR) is 50.2 cm³/mol. The monoisotopic (exact) mass is 200 g/mol. The highest BCUT2D eigenvalue weighted by molar-refractivity contribution is 7.94. The van der Waals surface area contributed by atoms with Crippen LogP contribution in [0, 0.1) is 0 Å². The summed E-state index contributed by atoms with van der Waals surface area (Å²) in [5.74, 6) is 0. The molecule has 0 atom stereocenters. The molecule has 0 saturated carbocycles. The summed E-state index contributed by atoms with van der Waals surface area (Å²) >= 11 is 1.01. The van der Waals surface area contributed by atoms with Crippen molar-refractivity contribution in [3.05, 3.63) is 24.3 Å². The van der Waals surface area contributed by atoms with Gasteiger partial charge in [0.25, 0.3) is 0 Å². The summed E-state index contributed by atoms with van der Waals surface area (Å²) in [7, 11) is -0.0549. The van der Waals surface area contributed by atoms with E-state index in [1.165, 1.54) is 7.11 Å². The zero-order valence-electron chi connectivity index (χ0n) is 7.01.